The molecular formula is C21H24N2O4. The van der Waals surface area contributed by atoms with Gasteiger partial charge in [0, 0.05) is 13.1 Å². The molecule has 6 heteroatoms. The molecule has 1 N–H and O–H groups in total. The van der Waals surface area contributed by atoms with Gasteiger partial charge >= 0.3 is 0 Å². The van der Waals surface area contributed by atoms with E-state index in [2.05, 4.69) is 11.4 Å². The third kappa shape index (κ3) is 2.50. The number of carbonyl (C=O) groups is 2. The van der Waals surface area contributed by atoms with E-state index in [0.29, 0.717) is 19.6 Å². The molecule has 2 fully saturated rings. The van der Waals surface area contributed by atoms with Gasteiger partial charge in [-0.1, -0.05) is 24.3 Å². The molecule has 4 aliphatic rings. The lowest BCUT2D eigenvalue weighted by Crippen LogP contribution is -2.43. The topological polar surface area (TPSA) is 67.9 Å². The van der Waals surface area contributed by atoms with Gasteiger partial charge < -0.3 is 19.7 Å². The van der Waals surface area contributed by atoms with Crippen molar-refractivity contribution in [1.82, 2.24) is 10.2 Å². The molecule has 0 radical (unpaired) electrons. The molecule has 1 aromatic carbocycles. The number of ether oxygens (including phenoxy) is 2. The molecule has 0 aliphatic carbocycles. The van der Waals surface area contributed by atoms with Crippen LogP contribution in [0.15, 0.2) is 30.4 Å². The number of aryl methyl sites for hydroxylation is 1. The molecule has 4 heterocycles. The maximum atomic E-state index is 13.0. The van der Waals surface area contributed by atoms with Crippen molar-refractivity contribution < 1.29 is 19.1 Å². The Hall–Kier alpha value is -2.34. The molecule has 5 rings (SSSR count). The zero-order valence-electron chi connectivity index (χ0n) is 15.4. The Morgan fingerprint density at radius 2 is 2.30 bits per heavy atom. The van der Waals surface area contributed by atoms with E-state index in [1.807, 2.05) is 31.2 Å². The van der Waals surface area contributed by atoms with Crippen LogP contribution in [0.1, 0.15) is 24.5 Å². The molecule has 0 saturated carbocycles. The van der Waals surface area contributed by atoms with Crippen LogP contribution in [0.3, 0.4) is 0 Å². The van der Waals surface area contributed by atoms with Crippen molar-refractivity contribution in [1.29, 1.82) is 0 Å². The van der Waals surface area contributed by atoms with E-state index in [1.54, 1.807) is 4.90 Å². The maximum Gasteiger partial charge on any atom is 0.230 e. The summed E-state index contributed by atoms with van der Waals surface area (Å²) in [6.07, 6.45) is 5.67. The summed E-state index contributed by atoms with van der Waals surface area (Å²) in [6, 6.07) is 6.07. The van der Waals surface area contributed by atoms with Crippen LogP contribution in [0, 0.1) is 11.8 Å². The van der Waals surface area contributed by atoms with Crippen LogP contribution in [-0.4, -0.2) is 48.1 Å². The molecule has 2 bridgehead atoms. The van der Waals surface area contributed by atoms with Crippen LogP contribution in [0.4, 0.5) is 0 Å². The summed E-state index contributed by atoms with van der Waals surface area (Å²) in [7, 11) is 0. The lowest BCUT2D eigenvalue weighted by Gasteiger charge is -2.23. The normalized spacial score (nSPS) is 33.0. The second kappa shape index (κ2) is 6.09. The van der Waals surface area contributed by atoms with Crippen molar-refractivity contribution in [3.8, 4) is 5.75 Å². The number of amides is 2. The Bertz CT molecular complexity index is 835. The minimum absolute atomic E-state index is 0.0374. The summed E-state index contributed by atoms with van der Waals surface area (Å²) in [4.78, 5) is 27.5. The van der Waals surface area contributed by atoms with E-state index in [0.717, 1.165) is 30.8 Å². The highest BCUT2D eigenvalue weighted by molar-refractivity contribution is 5.93. The first-order chi connectivity index (χ1) is 13.1. The van der Waals surface area contributed by atoms with Gasteiger partial charge in [0.05, 0.1) is 31.1 Å². The van der Waals surface area contributed by atoms with E-state index < -0.39 is 17.4 Å². The largest absolute Gasteiger partial charge is 0.493 e. The Kier molecular flexibility index (Phi) is 3.79. The standard InChI is InChI=1S/C21H24N2O4/c1-2-23-12-21-8-7-16(27-21)17(18(21)20(23)25)19(24)22-11-13-5-6-15-14(10-13)4-3-9-26-15/h5-8,10,16-18H,2-4,9,11-12H2,1H3,(H,22,24). The highest BCUT2D eigenvalue weighted by atomic mass is 16.5. The number of rotatable bonds is 4. The fourth-order valence-corrected chi connectivity index (χ4v) is 4.98. The third-order valence-electron chi connectivity index (χ3n) is 6.30. The smallest absolute Gasteiger partial charge is 0.230 e. The van der Waals surface area contributed by atoms with Crippen LogP contribution < -0.4 is 10.1 Å². The first-order valence-corrected chi connectivity index (χ1v) is 9.79. The van der Waals surface area contributed by atoms with Gasteiger partial charge in [0.25, 0.3) is 0 Å². The first kappa shape index (κ1) is 16.8. The van der Waals surface area contributed by atoms with E-state index in [9.17, 15) is 9.59 Å². The Morgan fingerprint density at radius 1 is 1.41 bits per heavy atom. The quantitative estimate of drug-likeness (QED) is 0.817. The number of hydrogen-bond acceptors (Lipinski definition) is 4. The van der Waals surface area contributed by atoms with Gasteiger partial charge in [-0.3, -0.25) is 9.59 Å². The van der Waals surface area contributed by atoms with Gasteiger partial charge in [-0.2, -0.15) is 0 Å². The number of nitrogens with zero attached hydrogens (tertiary/aromatic N) is 1. The highest BCUT2D eigenvalue weighted by Crippen LogP contribution is 2.51. The van der Waals surface area contributed by atoms with Crippen molar-refractivity contribution in [3.05, 3.63) is 41.5 Å². The molecule has 4 unspecified atom stereocenters. The van der Waals surface area contributed by atoms with Crippen LogP contribution in [0.2, 0.25) is 0 Å². The van der Waals surface area contributed by atoms with E-state index in [-0.39, 0.29) is 17.9 Å². The molecule has 27 heavy (non-hydrogen) atoms. The third-order valence-corrected chi connectivity index (χ3v) is 6.30. The molecular weight excluding hydrogens is 344 g/mol. The molecule has 1 aromatic rings. The number of carbonyl (C=O) groups excluding carboxylic acids is 2. The summed E-state index contributed by atoms with van der Waals surface area (Å²) in [5, 5.41) is 3.03. The summed E-state index contributed by atoms with van der Waals surface area (Å²) in [6.45, 7) is 4.37. The fourth-order valence-electron chi connectivity index (χ4n) is 4.98. The Labute approximate surface area is 158 Å². The number of likely N-dealkylation sites (tertiary alicyclic amines) is 1. The summed E-state index contributed by atoms with van der Waals surface area (Å²) >= 11 is 0. The number of fused-ring (bicyclic) bond motifs is 2. The van der Waals surface area contributed by atoms with Crippen molar-refractivity contribution in [3.63, 3.8) is 0 Å². The number of benzene rings is 1. The lowest BCUT2D eigenvalue weighted by molar-refractivity contribution is -0.137. The van der Waals surface area contributed by atoms with Crippen LogP contribution >= 0.6 is 0 Å². The Morgan fingerprint density at radius 3 is 3.15 bits per heavy atom. The van der Waals surface area contributed by atoms with Gasteiger partial charge in [-0.15, -0.1) is 0 Å². The molecule has 1 spiro atoms. The molecule has 142 valence electrons. The molecule has 2 amide bonds. The monoisotopic (exact) mass is 368 g/mol. The molecule has 6 nitrogen and oxygen atoms in total. The number of likely N-dealkylation sites (N-methyl/N-ethyl adjacent to an activating group) is 1. The van der Waals surface area contributed by atoms with E-state index in [1.165, 1.54) is 5.56 Å². The highest BCUT2D eigenvalue weighted by Gasteiger charge is 2.66. The predicted molar refractivity (Wildman–Crippen MR) is 98.1 cm³/mol. The lowest BCUT2D eigenvalue weighted by atomic mass is 9.77. The summed E-state index contributed by atoms with van der Waals surface area (Å²) in [5.41, 5.74) is 1.64. The van der Waals surface area contributed by atoms with E-state index >= 15 is 0 Å². The molecule has 2 saturated heterocycles. The maximum absolute atomic E-state index is 13.0. The predicted octanol–water partition coefficient (Wildman–Crippen LogP) is 1.43. The molecule has 4 aliphatic heterocycles. The van der Waals surface area contributed by atoms with Crippen molar-refractivity contribution in [2.45, 2.75) is 38.0 Å². The second-order valence-corrected chi connectivity index (χ2v) is 7.86. The minimum Gasteiger partial charge on any atom is -0.493 e. The van der Waals surface area contributed by atoms with Gasteiger partial charge in [0.15, 0.2) is 0 Å². The zero-order valence-corrected chi connectivity index (χ0v) is 15.4. The molecule has 0 aromatic heterocycles. The van der Waals surface area contributed by atoms with Crippen LogP contribution in [0.5, 0.6) is 5.75 Å². The van der Waals surface area contributed by atoms with Crippen LogP contribution in [0.25, 0.3) is 0 Å². The van der Waals surface area contributed by atoms with Gasteiger partial charge in [-0.05, 0) is 37.0 Å². The number of hydrogen-bond donors (Lipinski definition) is 1. The SMILES string of the molecule is CCN1CC23C=CC(O2)C(C(=O)NCc2ccc4c(c2)CCCO4)C3C1=O. The second-order valence-electron chi connectivity index (χ2n) is 7.86. The zero-order chi connectivity index (χ0) is 18.6. The van der Waals surface area contributed by atoms with Gasteiger partial charge in [0.1, 0.15) is 11.4 Å². The van der Waals surface area contributed by atoms with Gasteiger partial charge in [0.2, 0.25) is 11.8 Å². The minimum atomic E-state index is -0.608. The summed E-state index contributed by atoms with van der Waals surface area (Å²) in [5.74, 6) is 0.0393. The average Bonchev–Trinajstić information content (AvgIpc) is 3.34. The van der Waals surface area contributed by atoms with E-state index in [4.69, 9.17) is 9.47 Å². The summed E-state index contributed by atoms with van der Waals surface area (Å²) < 4.78 is 11.7. The number of nitrogens with one attached hydrogen (secondary N) is 1. The van der Waals surface area contributed by atoms with Crippen molar-refractivity contribution in [2.24, 2.45) is 11.8 Å². The molecule has 4 atom stereocenters. The average molecular weight is 368 g/mol. The van der Waals surface area contributed by atoms with Crippen molar-refractivity contribution in [2.75, 3.05) is 19.7 Å². The van der Waals surface area contributed by atoms with Crippen molar-refractivity contribution >= 4 is 11.8 Å². The van der Waals surface area contributed by atoms with Crippen LogP contribution in [-0.2, 0) is 27.3 Å². The first-order valence-electron chi connectivity index (χ1n) is 9.79. The van der Waals surface area contributed by atoms with Gasteiger partial charge in [-0.25, -0.2) is 0 Å². The Balaban J connectivity index is 1.30. The fraction of sp³-hybridized carbons (Fsp3) is 0.524.